The minimum absolute atomic E-state index is 0.00873. The number of benzene rings is 1. The van der Waals surface area contributed by atoms with Crippen LogP contribution < -0.4 is 10.1 Å². The summed E-state index contributed by atoms with van der Waals surface area (Å²) in [7, 11) is 1.47. The molecule has 0 radical (unpaired) electrons. The zero-order chi connectivity index (χ0) is 13.8. The van der Waals surface area contributed by atoms with Crippen LogP contribution in [0.5, 0.6) is 5.75 Å². The second-order valence-electron chi connectivity index (χ2n) is 4.63. The van der Waals surface area contributed by atoms with Crippen LogP contribution in [-0.4, -0.2) is 24.5 Å². The SMILES string of the molecule is COc1cc(CC2CCCNC2=O)cc([N+](=O)[O-])c1. The maximum Gasteiger partial charge on any atom is 0.273 e. The Labute approximate surface area is 110 Å². The highest BCUT2D eigenvalue weighted by atomic mass is 16.6. The largest absolute Gasteiger partial charge is 0.496 e. The first-order valence-corrected chi connectivity index (χ1v) is 6.20. The van der Waals surface area contributed by atoms with E-state index in [4.69, 9.17) is 4.74 Å². The first-order chi connectivity index (χ1) is 9.10. The quantitative estimate of drug-likeness (QED) is 0.662. The Bertz CT molecular complexity index is 501. The predicted octanol–water partition coefficient (Wildman–Crippen LogP) is 1.67. The molecular weight excluding hydrogens is 248 g/mol. The Hall–Kier alpha value is -2.11. The Kier molecular flexibility index (Phi) is 3.99. The number of methoxy groups -OCH3 is 1. The number of nitro groups is 1. The zero-order valence-electron chi connectivity index (χ0n) is 10.7. The molecule has 0 bridgehead atoms. The third-order valence-electron chi connectivity index (χ3n) is 3.28. The number of nitro benzene ring substituents is 1. The van der Waals surface area contributed by atoms with Gasteiger partial charge in [0.05, 0.1) is 18.1 Å². The molecule has 1 atom stereocenters. The van der Waals surface area contributed by atoms with Gasteiger partial charge in [-0.3, -0.25) is 14.9 Å². The molecule has 1 aromatic rings. The van der Waals surface area contributed by atoms with Crippen LogP contribution in [0.25, 0.3) is 0 Å². The molecule has 1 aliphatic heterocycles. The molecule has 0 saturated carbocycles. The number of amides is 1. The summed E-state index contributed by atoms with van der Waals surface area (Å²) in [6, 6.07) is 4.63. The molecule has 0 spiro atoms. The molecule has 1 saturated heterocycles. The molecule has 6 heteroatoms. The van der Waals surface area contributed by atoms with Crippen molar-refractivity contribution >= 4 is 11.6 Å². The minimum Gasteiger partial charge on any atom is -0.496 e. The molecule has 6 nitrogen and oxygen atoms in total. The van der Waals surface area contributed by atoms with Crippen LogP contribution in [0.3, 0.4) is 0 Å². The van der Waals surface area contributed by atoms with Gasteiger partial charge in [-0.1, -0.05) is 0 Å². The van der Waals surface area contributed by atoms with E-state index in [0.29, 0.717) is 18.7 Å². The van der Waals surface area contributed by atoms with Gasteiger partial charge in [-0.15, -0.1) is 0 Å². The van der Waals surface area contributed by atoms with Crippen molar-refractivity contribution in [1.82, 2.24) is 5.32 Å². The van der Waals surface area contributed by atoms with Crippen LogP contribution in [0.2, 0.25) is 0 Å². The van der Waals surface area contributed by atoms with Crippen molar-refractivity contribution in [3.63, 3.8) is 0 Å². The van der Waals surface area contributed by atoms with E-state index >= 15 is 0 Å². The summed E-state index contributed by atoms with van der Waals surface area (Å²) < 4.78 is 5.06. The van der Waals surface area contributed by atoms with Crippen LogP contribution >= 0.6 is 0 Å². The number of nitrogens with zero attached hydrogens (tertiary/aromatic N) is 1. The van der Waals surface area contributed by atoms with Crippen molar-refractivity contribution in [2.75, 3.05) is 13.7 Å². The fourth-order valence-corrected chi connectivity index (χ4v) is 2.30. The monoisotopic (exact) mass is 264 g/mol. The summed E-state index contributed by atoms with van der Waals surface area (Å²) >= 11 is 0. The number of hydrogen-bond donors (Lipinski definition) is 1. The summed E-state index contributed by atoms with van der Waals surface area (Å²) in [5.41, 5.74) is 0.749. The normalized spacial score (nSPS) is 18.8. The first-order valence-electron chi connectivity index (χ1n) is 6.20. The Morgan fingerprint density at radius 1 is 1.47 bits per heavy atom. The van der Waals surface area contributed by atoms with Gasteiger partial charge in [-0.2, -0.15) is 0 Å². The van der Waals surface area contributed by atoms with E-state index in [9.17, 15) is 14.9 Å². The molecule has 0 aliphatic carbocycles. The number of rotatable bonds is 4. The van der Waals surface area contributed by atoms with Crippen LogP contribution in [-0.2, 0) is 11.2 Å². The minimum atomic E-state index is -0.451. The van der Waals surface area contributed by atoms with Crippen LogP contribution in [0.4, 0.5) is 5.69 Å². The summed E-state index contributed by atoms with van der Waals surface area (Å²) in [5.74, 6) is 0.359. The molecular formula is C13H16N2O4. The van der Waals surface area contributed by atoms with Gasteiger partial charge < -0.3 is 10.1 Å². The highest BCUT2D eigenvalue weighted by Gasteiger charge is 2.23. The Balaban J connectivity index is 2.21. The lowest BCUT2D eigenvalue weighted by Gasteiger charge is -2.21. The standard InChI is InChI=1S/C13H16N2O4/c1-19-12-7-9(6-11(8-12)15(17)18)5-10-3-2-4-14-13(10)16/h6-8,10H,2-5H2,1H3,(H,14,16). The van der Waals surface area contributed by atoms with Crippen LogP contribution in [0.15, 0.2) is 18.2 Å². The van der Waals surface area contributed by atoms with Crippen molar-refractivity contribution in [2.45, 2.75) is 19.3 Å². The molecule has 1 fully saturated rings. The van der Waals surface area contributed by atoms with Gasteiger partial charge in [0.1, 0.15) is 5.75 Å². The Morgan fingerprint density at radius 2 is 2.26 bits per heavy atom. The van der Waals surface area contributed by atoms with E-state index in [1.54, 1.807) is 6.07 Å². The lowest BCUT2D eigenvalue weighted by atomic mass is 9.91. The smallest absolute Gasteiger partial charge is 0.273 e. The number of piperidine rings is 1. The first kappa shape index (κ1) is 13.3. The third-order valence-corrected chi connectivity index (χ3v) is 3.28. The molecule has 1 aliphatic rings. The predicted molar refractivity (Wildman–Crippen MR) is 69.1 cm³/mol. The average Bonchev–Trinajstić information content (AvgIpc) is 2.41. The molecule has 2 rings (SSSR count). The number of non-ortho nitro benzene ring substituents is 1. The lowest BCUT2D eigenvalue weighted by molar-refractivity contribution is -0.385. The van der Waals surface area contributed by atoms with E-state index in [2.05, 4.69) is 5.32 Å². The maximum absolute atomic E-state index is 11.7. The van der Waals surface area contributed by atoms with Crippen molar-refractivity contribution in [3.8, 4) is 5.75 Å². The third kappa shape index (κ3) is 3.21. The summed E-state index contributed by atoms with van der Waals surface area (Å²) in [6.45, 7) is 0.716. The van der Waals surface area contributed by atoms with Gasteiger partial charge in [0, 0.05) is 18.5 Å². The molecule has 19 heavy (non-hydrogen) atoms. The van der Waals surface area contributed by atoms with Gasteiger partial charge in [0.25, 0.3) is 5.69 Å². The van der Waals surface area contributed by atoms with E-state index in [-0.39, 0.29) is 17.5 Å². The van der Waals surface area contributed by atoms with Crippen molar-refractivity contribution in [3.05, 3.63) is 33.9 Å². The maximum atomic E-state index is 11.7. The number of carbonyl (C=O) groups is 1. The Morgan fingerprint density at radius 3 is 2.89 bits per heavy atom. The van der Waals surface area contributed by atoms with E-state index < -0.39 is 4.92 Å². The molecule has 102 valence electrons. The highest BCUT2D eigenvalue weighted by Crippen LogP contribution is 2.26. The zero-order valence-corrected chi connectivity index (χ0v) is 10.7. The summed E-state index contributed by atoms with van der Waals surface area (Å²) in [5, 5.41) is 13.7. The van der Waals surface area contributed by atoms with Gasteiger partial charge in [0.15, 0.2) is 0 Å². The fourth-order valence-electron chi connectivity index (χ4n) is 2.30. The van der Waals surface area contributed by atoms with Gasteiger partial charge in [-0.05, 0) is 30.9 Å². The molecule has 1 unspecified atom stereocenters. The number of carbonyl (C=O) groups excluding carboxylic acids is 1. The van der Waals surface area contributed by atoms with Crippen LogP contribution in [0.1, 0.15) is 18.4 Å². The second kappa shape index (κ2) is 5.69. The fraction of sp³-hybridized carbons (Fsp3) is 0.462. The summed E-state index contributed by atoms with van der Waals surface area (Å²) in [4.78, 5) is 22.1. The number of ether oxygens (including phenoxy) is 1. The van der Waals surface area contributed by atoms with E-state index in [1.807, 2.05) is 0 Å². The highest BCUT2D eigenvalue weighted by molar-refractivity contribution is 5.79. The lowest BCUT2D eigenvalue weighted by Crippen LogP contribution is -2.37. The van der Waals surface area contributed by atoms with Gasteiger partial charge in [0.2, 0.25) is 5.91 Å². The molecule has 1 heterocycles. The van der Waals surface area contributed by atoms with Crippen molar-refractivity contribution in [1.29, 1.82) is 0 Å². The van der Waals surface area contributed by atoms with Gasteiger partial charge >= 0.3 is 0 Å². The molecule has 0 aromatic heterocycles. The van der Waals surface area contributed by atoms with Gasteiger partial charge in [-0.25, -0.2) is 0 Å². The molecule has 1 amide bonds. The second-order valence-corrected chi connectivity index (χ2v) is 4.63. The molecule has 1 N–H and O–H groups in total. The van der Waals surface area contributed by atoms with E-state index in [1.165, 1.54) is 19.2 Å². The number of nitrogens with one attached hydrogen (secondary N) is 1. The van der Waals surface area contributed by atoms with Crippen molar-refractivity contribution < 1.29 is 14.5 Å². The van der Waals surface area contributed by atoms with E-state index in [0.717, 1.165) is 18.4 Å². The average molecular weight is 264 g/mol. The molecule has 1 aromatic carbocycles. The topological polar surface area (TPSA) is 81.5 Å². The number of hydrogen-bond acceptors (Lipinski definition) is 4. The van der Waals surface area contributed by atoms with Crippen LogP contribution in [0, 0.1) is 16.0 Å². The van der Waals surface area contributed by atoms with Crippen molar-refractivity contribution in [2.24, 2.45) is 5.92 Å². The summed E-state index contributed by atoms with van der Waals surface area (Å²) in [6.07, 6.45) is 2.27.